The minimum absolute atomic E-state index is 0.796. The number of anilines is 1. The summed E-state index contributed by atoms with van der Waals surface area (Å²) in [6.45, 7) is 2.88. The van der Waals surface area contributed by atoms with Gasteiger partial charge in [0.1, 0.15) is 5.76 Å². The largest absolute Gasteiger partial charge is 0.465 e. The Morgan fingerprint density at radius 2 is 2.19 bits per heavy atom. The van der Waals surface area contributed by atoms with E-state index in [-0.39, 0.29) is 0 Å². The first-order chi connectivity index (χ1) is 7.84. The molecule has 82 valence electrons. The smallest absolute Gasteiger partial charge is 0.126 e. The van der Waals surface area contributed by atoms with E-state index in [2.05, 4.69) is 30.4 Å². The van der Waals surface area contributed by atoms with Crippen LogP contribution in [0.2, 0.25) is 0 Å². The van der Waals surface area contributed by atoms with Crippen LogP contribution in [0.3, 0.4) is 0 Å². The van der Waals surface area contributed by atoms with E-state index in [0.717, 1.165) is 18.0 Å². The van der Waals surface area contributed by atoms with Crippen LogP contribution in [0.4, 0.5) is 5.69 Å². The predicted molar refractivity (Wildman–Crippen MR) is 67.4 cm³/mol. The van der Waals surface area contributed by atoms with Crippen LogP contribution in [0.1, 0.15) is 11.3 Å². The summed E-state index contributed by atoms with van der Waals surface area (Å²) in [4.78, 5) is 0. The van der Waals surface area contributed by atoms with Crippen molar-refractivity contribution in [2.75, 3.05) is 11.9 Å². The normalized spacial score (nSPS) is 10.8. The molecule has 1 N–H and O–H groups in total. The van der Waals surface area contributed by atoms with Gasteiger partial charge >= 0.3 is 0 Å². The number of hydrogen-bond donors (Lipinski definition) is 1. The summed E-state index contributed by atoms with van der Waals surface area (Å²) in [5.41, 5.74) is 2.41. The van der Waals surface area contributed by atoms with E-state index >= 15 is 0 Å². The molecule has 0 aliphatic heterocycles. The maximum atomic E-state index is 5.19. The van der Waals surface area contributed by atoms with Gasteiger partial charge in [-0.05, 0) is 42.8 Å². The third-order valence-electron chi connectivity index (χ3n) is 2.27. The molecule has 1 aromatic carbocycles. The number of nitrogens with one attached hydrogen (secondary N) is 1. The summed E-state index contributed by atoms with van der Waals surface area (Å²) in [5.74, 6) is 0.881. The van der Waals surface area contributed by atoms with Gasteiger partial charge in [-0.15, -0.1) is 0 Å². The first kappa shape index (κ1) is 10.6. The van der Waals surface area contributed by atoms with Crippen LogP contribution in [-0.2, 0) is 0 Å². The lowest BCUT2D eigenvalue weighted by molar-refractivity contribution is 0.557. The topological polar surface area (TPSA) is 25.2 Å². The van der Waals surface area contributed by atoms with E-state index in [1.54, 1.807) is 6.26 Å². The molecule has 16 heavy (non-hydrogen) atoms. The van der Waals surface area contributed by atoms with Gasteiger partial charge < -0.3 is 9.73 Å². The molecule has 0 fully saturated rings. The highest BCUT2D eigenvalue weighted by molar-refractivity contribution is 5.48. The molecule has 0 aliphatic carbocycles. The second-order valence-corrected chi connectivity index (χ2v) is 3.67. The molecule has 0 amide bonds. The Morgan fingerprint density at radius 1 is 1.25 bits per heavy atom. The minimum Gasteiger partial charge on any atom is -0.465 e. The number of aryl methyl sites for hydroxylation is 1. The molecular formula is C14H15NO. The fourth-order valence-corrected chi connectivity index (χ4v) is 1.49. The standard InChI is InChI=1S/C14H15NO/c1-12-5-2-6-13(11-12)15-9-3-7-14-8-4-10-16-14/h2-8,10-11,15H,9H2,1H3/b7-3+. The SMILES string of the molecule is Cc1cccc(NC/C=C/c2ccco2)c1. The molecule has 0 radical (unpaired) electrons. The first-order valence-corrected chi connectivity index (χ1v) is 5.35. The highest BCUT2D eigenvalue weighted by Gasteiger charge is 1.90. The third kappa shape index (κ3) is 3.02. The summed E-state index contributed by atoms with van der Waals surface area (Å²) in [6, 6.07) is 12.1. The van der Waals surface area contributed by atoms with Crippen molar-refractivity contribution in [2.24, 2.45) is 0 Å². The zero-order valence-electron chi connectivity index (χ0n) is 9.31. The van der Waals surface area contributed by atoms with Crippen molar-refractivity contribution < 1.29 is 4.42 Å². The van der Waals surface area contributed by atoms with Crippen molar-refractivity contribution in [1.29, 1.82) is 0 Å². The van der Waals surface area contributed by atoms with E-state index in [1.165, 1.54) is 5.56 Å². The molecule has 0 aliphatic rings. The highest BCUT2D eigenvalue weighted by Crippen LogP contribution is 2.09. The van der Waals surface area contributed by atoms with E-state index < -0.39 is 0 Å². The van der Waals surface area contributed by atoms with Gasteiger partial charge in [0.25, 0.3) is 0 Å². The molecule has 0 saturated carbocycles. The number of furan rings is 1. The van der Waals surface area contributed by atoms with Crippen molar-refractivity contribution >= 4 is 11.8 Å². The number of benzene rings is 1. The number of rotatable bonds is 4. The lowest BCUT2D eigenvalue weighted by Gasteiger charge is -2.03. The van der Waals surface area contributed by atoms with Crippen LogP contribution in [0, 0.1) is 6.92 Å². The third-order valence-corrected chi connectivity index (χ3v) is 2.27. The highest BCUT2D eigenvalue weighted by atomic mass is 16.3. The summed E-state index contributed by atoms with van der Waals surface area (Å²) in [7, 11) is 0. The summed E-state index contributed by atoms with van der Waals surface area (Å²) in [6.07, 6.45) is 5.68. The first-order valence-electron chi connectivity index (χ1n) is 5.35. The van der Waals surface area contributed by atoms with Gasteiger partial charge in [-0.25, -0.2) is 0 Å². The van der Waals surface area contributed by atoms with E-state index in [4.69, 9.17) is 4.42 Å². The second-order valence-electron chi connectivity index (χ2n) is 3.67. The Labute approximate surface area is 95.6 Å². The number of hydrogen-bond acceptors (Lipinski definition) is 2. The van der Waals surface area contributed by atoms with Crippen LogP contribution in [0.25, 0.3) is 6.08 Å². The molecular weight excluding hydrogens is 198 g/mol. The molecule has 2 nitrogen and oxygen atoms in total. The molecule has 0 unspecified atom stereocenters. The van der Waals surface area contributed by atoms with Crippen LogP contribution in [0.15, 0.2) is 53.2 Å². The van der Waals surface area contributed by atoms with Gasteiger partial charge in [0, 0.05) is 12.2 Å². The summed E-state index contributed by atoms with van der Waals surface area (Å²) in [5, 5.41) is 3.32. The van der Waals surface area contributed by atoms with E-state index in [0.29, 0.717) is 0 Å². The molecule has 0 bridgehead atoms. The molecule has 0 saturated heterocycles. The Bertz CT molecular complexity index is 457. The van der Waals surface area contributed by atoms with Crippen LogP contribution < -0.4 is 5.32 Å². The Balaban J connectivity index is 1.84. The predicted octanol–water partition coefficient (Wildman–Crippen LogP) is 3.71. The van der Waals surface area contributed by atoms with Gasteiger partial charge in [0.15, 0.2) is 0 Å². The molecule has 2 heteroatoms. The van der Waals surface area contributed by atoms with Crippen molar-refractivity contribution in [1.82, 2.24) is 0 Å². The average molecular weight is 213 g/mol. The molecule has 0 spiro atoms. The van der Waals surface area contributed by atoms with Crippen molar-refractivity contribution in [2.45, 2.75) is 6.92 Å². The fourth-order valence-electron chi connectivity index (χ4n) is 1.49. The van der Waals surface area contributed by atoms with Gasteiger partial charge in [0.2, 0.25) is 0 Å². The van der Waals surface area contributed by atoms with Crippen LogP contribution in [0.5, 0.6) is 0 Å². The van der Waals surface area contributed by atoms with Crippen molar-refractivity contribution in [3.63, 3.8) is 0 Å². The molecule has 1 aromatic heterocycles. The Kier molecular flexibility index (Phi) is 3.44. The zero-order chi connectivity index (χ0) is 11.2. The lowest BCUT2D eigenvalue weighted by Crippen LogP contribution is -1.97. The quantitative estimate of drug-likeness (QED) is 0.837. The minimum atomic E-state index is 0.796. The van der Waals surface area contributed by atoms with Crippen molar-refractivity contribution in [3.8, 4) is 0 Å². The van der Waals surface area contributed by atoms with Gasteiger partial charge in [-0.2, -0.15) is 0 Å². The zero-order valence-corrected chi connectivity index (χ0v) is 9.31. The van der Waals surface area contributed by atoms with Gasteiger partial charge in [-0.1, -0.05) is 18.2 Å². The van der Waals surface area contributed by atoms with Crippen LogP contribution >= 0.6 is 0 Å². The summed E-state index contributed by atoms with van der Waals surface area (Å²) >= 11 is 0. The lowest BCUT2D eigenvalue weighted by atomic mass is 10.2. The maximum absolute atomic E-state index is 5.19. The Hall–Kier alpha value is -1.96. The van der Waals surface area contributed by atoms with Crippen LogP contribution in [-0.4, -0.2) is 6.54 Å². The van der Waals surface area contributed by atoms with E-state index in [1.807, 2.05) is 30.4 Å². The van der Waals surface area contributed by atoms with Crippen molar-refractivity contribution in [3.05, 3.63) is 60.1 Å². The van der Waals surface area contributed by atoms with Gasteiger partial charge in [0.05, 0.1) is 6.26 Å². The average Bonchev–Trinajstić information content (AvgIpc) is 2.77. The second kappa shape index (κ2) is 5.21. The fraction of sp³-hybridized carbons (Fsp3) is 0.143. The Morgan fingerprint density at radius 3 is 2.94 bits per heavy atom. The molecule has 0 atom stereocenters. The molecule has 2 rings (SSSR count). The van der Waals surface area contributed by atoms with E-state index in [9.17, 15) is 0 Å². The summed E-state index contributed by atoms with van der Waals surface area (Å²) < 4.78 is 5.19. The maximum Gasteiger partial charge on any atom is 0.126 e. The molecule has 1 heterocycles. The monoisotopic (exact) mass is 213 g/mol. The van der Waals surface area contributed by atoms with Gasteiger partial charge in [-0.3, -0.25) is 0 Å². The molecule has 2 aromatic rings.